The summed E-state index contributed by atoms with van der Waals surface area (Å²) in [5.74, 6) is 0.745. The average molecular weight is 275 g/mol. The van der Waals surface area contributed by atoms with Gasteiger partial charge in [-0.05, 0) is 19.9 Å². The zero-order chi connectivity index (χ0) is 14.5. The van der Waals surface area contributed by atoms with Gasteiger partial charge in [0.15, 0.2) is 11.5 Å². The molecular weight excluding hydrogens is 254 g/mol. The van der Waals surface area contributed by atoms with Crippen molar-refractivity contribution in [3.63, 3.8) is 0 Å². The summed E-state index contributed by atoms with van der Waals surface area (Å²) in [4.78, 5) is 0. The largest absolute Gasteiger partial charge is 0.504 e. The van der Waals surface area contributed by atoms with Gasteiger partial charge in [-0.2, -0.15) is 5.10 Å². The minimum atomic E-state index is 0.213. The van der Waals surface area contributed by atoms with Gasteiger partial charge < -0.3 is 15.2 Å². The van der Waals surface area contributed by atoms with E-state index in [1.807, 2.05) is 39.2 Å². The lowest BCUT2D eigenvalue weighted by molar-refractivity contribution is 0.316. The number of phenolic OH excluding ortho intramolecular Hbond substituents is 1. The molecule has 1 aromatic heterocycles. The number of ether oxygens (including phenoxy) is 1. The van der Waals surface area contributed by atoms with Crippen molar-refractivity contribution in [3.05, 3.63) is 41.2 Å². The Balaban J connectivity index is 1.97. The highest BCUT2D eigenvalue weighted by Gasteiger charge is 2.08. The zero-order valence-corrected chi connectivity index (χ0v) is 12.2. The van der Waals surface area contributed by atoms with Crippen molar-refractivity contribution in [2.24, 2.45) is 7.05 Å². The van der Waals surface area contributed by atoms with Gasteiger partial charge in [-0.15, -0.1) is 0 Å². The monoisotopic (exact) mass is 275 g/mol. The molecule has 0 saturated carbocycles. The van der Waals surface area contributed by atoms with Gasteiger partial charge in [0.1, 0.15) is 0 Å². The number of rotatable bonds is 6. The molecular formula is C15H21N3O2. The molecule has 0 saturated heterocycles. The van der Waals surface area contributed by atoms with Crippen LogP contribution < -0.4 is 10.1 Å². The molecule has 20 heavy (non-hydrogen) atoms. The number of aromatic nitrogens is 2. The Hall–Kier alpha value is -2.01. The lowest BCUT2D eigenvalue weighted by Gasteiger charge is -2.10. The van der Waals surface area contributed by atoms with E-state index in [4.69, 9.17) is 4.74 Å². The summed E-state index contributed by atoms with van der Waals surface area (Å²) in [6.07, 6.45) is 2.00. The quantitative estimate of drug-likeness (QED) is 0.848. The molecule has 2 N–H and O–H groups in total. The first-order chi connectivity index (χ1) is 9.61. The number of phenols is 1. The summed E-state index contributed by atoms with van der Waals surface area (Å²) in [7, 11) is 1.91. The van der Waals surface area contributed by atoms with Gasteiger partial charge in [0.05, 0.1) is 12.3 Å². The van der Waals surface area contributed by atoms with Gasteiger partial charge in [-0.3, -0.25) is 4.68 Å². The van der Waals surface area contributed by atoms with Crippen molar-refractivity contribution in [1.82, 2.24) is 15.1 Å². The third-order valence-electron chi connectivity index (χ3n) is 3.13. The normalized spacial score (nSPS) is 10.8. The molecule has 1 aromatic carbocycles. The molecule has 5 heteroatoms. The van der Waals surface area contributed by atoms with E-state index < -0.39 is 0 Å². The number of nitrogens with zero attached hydrogens (tertiary/aromatic N) is 2. The maximum Gasteiger partial charge on any atom is 0.162 e. The molecule has 0 bridgehead atoms. The summed E-state index contributed by atoms with van der Waals surface area (Å²) in [6, 6.07) is 5.55. The predicted molar refractivity (Wildman–Crippen MR) is 77.8 cm³/mol. The van der Waals surface area contributed by atoms with Gasteiger partial charge >= 0.3 is 0 Å². The van der Waals surface area contributed by atoms with Crippen LogP contribution >= 0.6 is 0 Å². The Bertz CT molecular complexity index is 578. The summed E-state index contributed by atoms with van der Waals surface area (Å²) in [5, 5.41) is 17.7. The summed E-state index contributed by atoms with van der Waals surface area (Å²) >= 11 is 0. The minimum Gasteiger partial charge on any atom is -0.504 e. The van der Waals surface area contributed by atoms with Crippen molar-refractivity contribution >= 4 is 0 Å². The summed E-state index contributed by atoms with van der Waals surface area (Å²) in [6.45, 7) is 5.73. The van der Waals surface area contributed by atoms with E-state index in [-0.39, 0.29) is 5.75 Å². The molecule has 2 rings (SSSR count). The fraction of sp³-hybridized carbons (Fsp3) is 0.400. The number of benzene rings is 1. The number of nitrogens with one attached hydrogen (secondary N) is 1. The van der Waals surface area contributed by atoms with Crippen molar-refractivity contribution in [1.29, 1.82) is 0 Å². The molecule has 5 nitrogen and oxygen atoms in total. The van der Waals surface area contributed by atoms with Crippen molar-refractivity contribution < 1.29 is 9.84 Å². The van der Waals surface area contributed by atoms with Crippen molar-refractivity contribution in [3.8, 4) is 11.5 Å². The molecule has 0 amide bonds. The smallest absolute Gasteiger partial charge is 0.162 e. The zero-order valence-electron chi connectivity index (χ0n) is 12.2. The topological polar surface area (TPSA) is 59.3 Å². The molecule has 0 aliphatic carbocycles. The molecule has 0 unspecified atom stereocenters. The highest BCUT2D eigenvalue weighted by molar-refractivity contribution is 5.45. The van der Waals surface area contributed by atoms with E-state index in [0.29, 0.717) is 18.9 Å². The molecule has 0 atom stereocenters. The Labute approximate surface area is 119 Å². The van der Waals surface area contributed by atoms with Crippen LogP contribution in [0.25, 0.3) is 0 Å². The second-order valence-electron chi connectivity index (χ2n) is 4.71. The van der Waals surface area contributed by atoms with E-state index in [1.165, 1.54) is 0 Å². The van der Waals surface area contributed by atoms with Gasteiger partial charge in [0.2, 0.25) is 0 Å². The Morgan fingerprint density at radius 3 is 2.70 bits per heavy atom. The van der Waals surface area contributed by atoms with Crippen LogP contribution in [-0.4, -0.2) is 21.5 Å². The van der Waals surface area contributed by atoms with E-state index in [0.717, 1.165) is 23.4 Å². The molecule has 0 aliphatic heterocycles. The van der Waals surface area contributed by atoms with Crippen LogP contribution in [0.15, 0.2) is 24.4 Å². The number of hydrogen-bond acceptors (Lipinski definition) is 4. The van der Waals surface area contributed by atoms with Crippen LogP contribution in [-0.2, 0) is 20.1 Å². The average Bonchev–Trinajstić information content (AvgIpc) is 2.73. The molecule has 0 fully saturated rings. The second kappa shape index (κ2) is 6.43. The maximum absolute atomic E-state index is 10.1. The first kappa shape index (κ1) is 14.4. The Kier molecular flexibility index (Phi) is 4.63. The third-order valence-corrected chi connectivity index (χ3v) is 3.13. The predicted octanol–water partition coefficient (Wildman–Crippen LogP) is 2.12. The van der Waals surface area contributed by atoms with Gasteiger partial charge in [0, 0.05) is 37.5 Å². The fourth-order valence-electron chi connectivity index (χ4n) is 2.14. The first-order valence-corrected chi connectivity index (χ1v) is 6.75. The minimum absolute atomic E-state index is 0.213. The molecule has 2 aromatic rings. The van der Waals surface area contributed by atoms with Crippen LogP contribution in [0.4, 0.5) is 0 Å². The van der Waals surface area contributed by atoms with Crippen LogP contribution in [0.3, 0.4) is 0 Å². The summed E-state index contributed by atoms with van der Waals surface area (Å²) < 4.78 is 7.18. The maximum atomic E-state index is 10.1. The molecule has 0 aliphatic rings. The van der Waals surface area contributed by atoms with E-state index in [2.05, 4.69) is 10.4 Å². The highest BCUT2D eigenvalue weighted by Crippen LogP contribution is 2.29. The van der Waals surface area contributed by atoms with Crippen LogP contribution in [0, 0.1) is 6.92 Å². The second-order valence-corrected chi connectivity index (χ2v) is 4.71. The number of aryl methyl sites for hydroxylation is 2. The number of hydrogen-bond donors (Lipinski definition) is 2. The number of para-hydroxylation sites is 1. The van der Waals surface area contributed by atoms with Crippen LogP contribution in [0.5, 0.6) is 11.5 Å². The molecule has 1 heterocycles. The molecule has 0 spiro atoms. The standard InChI is InChI=1S/C15H21N3O2/c1-4-20-14-7-5-6-12(15(14)19)8-16-9-13-10-18(3)17-11(13)2/h5-7,10,16,19H,4,8-9H2,1-3H3. The third kappa shape index (κ3) is 3.30. The lowest BCUT2D eigenvalue weighted by atomic mass is 10.1. The molecule has 0 radical (unpaired) electrons. The van der Waals surface area contributed by atoms with Crippen molar-refractivity contribution in [2.75, 3.05) is 6.61 Å². The first-order valence-electron chi connectivity index (χ1n) is 6.75. The van der Waals surface area contributed by atoms with Crippen LogP contribution in [0.1, 0.15) is 23.7 Å². The van der Waals surface area contributed by atoms with E-state index in [9.17, 15) is 5.11 Å². The van der Waals surface area contributed by atoms with Crippen LogP contribution in [0.2, 0.25) is 0 Å². The highest BCUT2D eigenvalue weighted by atomic mass is 16.5. The SMILES string of the molecule is CCOc1cccc(CNCc2cn(C)nc2C)c1O. The van der Waals surface area contributed by atoms with E-state index >= 15 is 0 Å². The van der Waals surface area contributed by atoms with E-state index in [1.54, 1.807) is 10.7 Å². The molecule has 108 valence electrons. The Morgan fingerprint density at radius 2 is 2.05 bits per heavy atom. The van der Waals surface area contributed by atoms with Gasteiger partial charge in [0.25, 0.3) is 0 Å². The lowest BCUT2D eigenvalue weighted by Crippen LogP contribution is -2.13. The number of aromatic hydroxyl groups is 1. The fourth-order valence-corrected chi connectivity index (χ4v) is 2.14. The summed E-state index contributed by atoms with van der Waals surface area (Å²) in [5.41, 5.74) is 3.01. The Morgan fingerprint density at radius 1 is 1.30 bits per heavy atom. The van der Waals surface area contributed by atoms with Crippen molar-refractivity contribution in [2.45, 2.75) is 26.9 Å². The van der Waals surface area contributed by atoms with Gasteiger partial charge in [-0.1, -0.05) is 12.1 Å². The van der Waals surface area contributed by atoms with Gasteiger partial charge in [-0.25, -0.2) is 0 Å².